The molecular formula is C16H17N5O4. The maximum atomic E-state index is 12.7. The van der Waals surface area contributed by atoms with E-state index in [1.165, 1.54) is 18.2 Å². The molecule has 2 bridgehead atoms. The van der Waals surface area contributed by atoms with Gasteiger partial charge in [0.15, 0.2) is 5.69 Å². The molecular weight excluding hydrogens is 326 g/mol. The largest absolute Gasteiger partial charge is 0.369 e. The summed E-state index contributed by atoms with van der Waals surface area (Å²) in [7, 11) is 0. The summed E-state index contributed by atoms with van der Waals surface area (Å²) in [6, 6.07) is 3.89. The Morgan fingerprint density at radius 1 is 1.32 bits per heavy atom. The molecule has 2 fully saturated rings. The standard InChI is InChI=1S/C16H17N5O4/c17-15(22)12-7-1-2-8(5-7)13(12)18-16(23)14-10-6-9(21(24)25)3-4-11(10)19-20-14/h3-4,6-8,12-13H,1-2,5H2,(H2,17,22)(H,18,23)(H,19,20). The van der Waals surface area contributed by atoms with Gasteiger partial charge >= 0.3 is 0 Å². The monoisotopic (exact) mass is 343 g/mol. The third-order valence-electron chi connectivity index (χ3n) is 5.51. The molecule has 4 rings (SSSR count). The van der Waals surface area contributed by atoms with Gasteiger partial charge in [-0.2, -0.15) is 5.10 Å². The van der Waals surface area contributed by atoms with Crippen molar-refractivity contribution in [2.45, 2.75) is 25.3 Å². The van der Waals surface area contributed by atoms with E-state index in [9.17, 15) is 19.7 Å². The number of nitrogens with two attached hydrogens (primary N) is 1. The van der Waals surface area contributed by atoms with E-state index in [-0.39, 0.29) is 41.1 Å². The molecule has 2 amide bonds. The van der Waals surface area contributed by atoms with Crippen LogP contribution in [0.1, 0.15) is 29.8 Å². The number of hydrogen-bond acceptors (Lipinski definition) is 5. The minimum atomic E-state index is -0.521. The number of benzene rings is 1. The lowest BCUT2D eigenvalue weighted by Gasteiger charge is -2.29. The van der Waals surface area contributed by atoms with Crippen LogP contribution in [-0.2, 0) is 4.79 Å². The molecule has 0 spiro atoms. The highest BCUT2D eigenvalue weighted by atomic mass is 16.6. The molecule has 25 heavy (non-hydrogen) atoms. The highest BCUT2D eigenvalue weighted by Crippen LogP contribution is 2.48. The third-order valence-corrected chi connectivity index (χ3v) is 5.51. The first-order chi connectivity index (χ1) is 12.0. The third kappa shape index (κ3) is 2.43. The fourth-order valence-corrected chi connectivity index (χ4v) is 4.42. The minimum absolute atomic E-state index is 0.0877. The highest BCUT2D eigenvalue weighted by Gasteiger charge is 2.50. The molecule has 9 nitrogen and oxygen atoms in total. The van der Waals surface area contributed by atoms with Crippen LogP contribution in [0.15, 0.2) is 18.2 Å². The van der Waals surface area contributed by atoms with E-state index in [2.05, 4.69) is 15.5 Å². The van der Waals surface area contributed by atoms with Crippen molar-refractivity contribution in [2.75, 3.05) is 0 Å². The molecule has 1 aromatic carbocycles. The predicted molar refractivity (Wildman–Crippen MR) is 87.5 cm³/mol. The Bertz CT molecular complexity index is 892. The maximum absolute atomic E-state index is 12.7. The van der Waals surface area contributed by atoms with Gasteiger partial charge < -0.3 is 11.1 Å². The number of nitrogens with one attached hydrogen (secondary N) is 2. The number of carbonyl (C=O) groups is 2. The van der Waals surface area contributed by atoms with Crippen molar-refractivity contribution in [3.05, 3.63) is 34.0 Å². The second kappa shape index (κ2) is 5.54. The number of carbonyl (C=O) groups excluding carboxylic acids is 2. The Morgan fingerprint density at radius 2 is 2.08 bits per heavy atom. The first-order valence-corrected chi connectivity index (χ1v) is 8.18. The van der Waals surface area contributed by atoms with Gasteiger partial charge in [0.25, 0.3) is 11.6 Å². The average molecular weight is 343 g/mol. The van der Waals surface area contributed by atoms with Gasteiger partial charge in [-0.05, 0) is 37.2 Å². The van der Waals surface area contributed by atoms with Crippen molar-refractivity contribution in [2.24, 2.45) is 23.5 Å². The van der Waals surface area contributed by atoms with Gasteiger partial charge in [0, 0.05) is 23.6 Å². The zero-order valence-corrected chi connectivity index (χ0v) is 13.3. The second-order valence-corrected chi connectivity index (χ2v) is 6.82. The SMILES string of the molecule is NC(=O)C1C2CCC(C2)C1NC(=O)c1n[nH]c2ccc([N+](=O)[O-])cc12. The van der Waals surface area contributed by atoms with Gasteiger partial charge in [-0.3, -0.25) is 24.8 Å². The summed E-state index contributed by atoms with van der Waals surface area (Å²) >= 11 is 0. The van der Waals surface area contributed by atoms with E-state index in [1.807, 2.05) is 0 Å². The van der Waals surface area contributed by atoms with Crippen LogP contribution in [-0.4, -0.2) is 33.0 Å². The number of non-ortho nitro benzene ring substituents is 1. The van der Waals surface area contributed by atoms with Crippen molar-refractivity contribution in [1.29, 1.82) is 0 Å². The molecule has 2 aromatic rings. The first-order valence-electron chi connectivity index (χ1n) is 8.18. The van der Waals surface area contributed by atoms with Crippen molar-refractivity contribution in [1.82, 2.24) is 15.5 Å². The Morgan fingerprint density at radius 3 is 2.80 bits per heavy atom. The van der Waals surface area contributed by atoms with Gasteiger partial charge in [-0.25, -0.2) is 0 Å². The Labute approximate surface area is 142 Å². The van der Waals surface area contributed by atoms with Gasteiger partial charge in [-0.15, -0.1) is 0 Å². The molecule has 1 heterocycles. The Kier molecular flexibility index (Phi) is 3.45. The summed E-state index contributed by atoms with van der Waals surface area (Å²) in [4.78, 5) is 34.9. The van der Waals surface area contributed by atoms with E-state index in [1.54, 1.807) is 0 Å². The molecule has 4 N–H and O–H groups in total. The summed E-state index contributed by atoms with van der Waals surface area (Å²) in [5.41, 5.74) is 6.04. The fraction of sp³-hybridized carbons (Fsp3) is 0.438. The number of primary amides is 1. The van der Waals surface area contributed by atoms with Gasteiger partial charge in [0.2, 0.25) is 5.91 Å². The van der Waals surface area contributed by atoms with Crippen LogP contribution >= 0.6 is 0 Å². The molecule has 9 heteroatoms. The summed E-state index contributed by atoms with van der Waals surface area (Å²) in [6.45, 7) is 0. The zero-order chi connectivity index (χ0) is 17.7. The molecule has 2 saturated carbocycles. The smallest absolute Gasteiger partial charge is 0.272 e. The first kappa shape index (κ1) is 15.6. The molecule has 2 aliphatic carbocycles. The second-order valence-electron chi connectivity index (χ2n) is 6.82. The van der Waals surface area contributed by atoms with E-state index in [0.29, 0.717) is 10.9 Å². The van der Waals surface area contributed by atoms with Crippen LogP contribution in [0.5, 0.6) is 0 Å². The highest BCUT2D eigenvalue weighted by molar-refractivity contribution is 6.05. The van der Waals surface area contributed by atoms with Crippen LogP contribution < -0.4 is 11.1 Å². The lowest BCUT2D eigenvalue weighted by molar-refractivity contribution is -0.384. The number of nitro benzene ring substituents is 1. The normalized spacial score (nSPS) is 27.5. The van der Waals surface area contributed by atoms with Gasteiger partial charge in [0.05, 0.1) is 16.4 Å². The number of fused-ring (bicyclic) bond motifs is 3. The van der Waals surface area contributed by atoms with Crippen LogP contribution in [0.4, 0.5) is 5.69 Å². The summed E-state index contributed by atoms with van der Waals surface area (Å²) in [5, 5.41) is 20.9. The molecule has 0 saturated heterocycles. The number of H-pyrrole nitrogens is 1. The van der Waals surface area contributed by atoms with Crippen LogP contribution in [0.3, 0.4) is 0 Å². The number of amides is 2. The number of aromatic amines is 1. The van der Waals surface area contributed by atoms with Crippen molar-refractivity contribution < 1.29 is 14.5 Å². The lowest BCUT2D eigenvalue weighted by atomic mass is 9.84. The van der Waals surface area contributed by atoms with E-state index in [4.69, 9.17) is 5.73 Å². The summed E-state index contributed by atoms with van der Waals surface area (Å²) in [6.07, 6.45) is 2.82. The zero-order valence-electron chi connectivity index (χ0n) is 13.3. The maximum Gasteiger partial charge on any atom is 0.272 e. The van der Waals surface area contributed by atoms with Crippen LogP contribution in [0.2, 0.25) is 0 Å². The van der Waals surface area contributed by atoms with Crippen molar-refractivity contribution >= 4 is 28.4 Å². The van der Waals surface area contributed by atoms with Crippen LogP contribution in [0.25, 0.3) is 10.9 Å². The van der Waals surface area contributed by atoms with Crippen molar-refractivity contribution in [3.63, 3.8) is 0 Å². The van der Waals surface area contributed by atoms with Crippen molar-refractivity contribution in [3.8, 4) is 0 Å². The molecule has 0 aliphatic heterocycles. The topological polar surface area (TPSA) is 144 Å². The molecule has 4 unspecified atom stereocenters. The Hall–Kier alpha value is -2.97. The molecule has 1 aromatic heterocycles. The summed E-state index contributed by atoms with van der Waals surface area (Å²) < 4.78 is 0. The number of aromatic nitrogens is 2. The predicted octanol–water partition coefficient (Wildman–Crippen LogP) is 1.10. The lowest BCUT2D eigenvalue weighted by Crippen LogP contribution is -2.48. The molecule has 130 valence electrons. The van der Waals surface area contributed by atoms with E-state index >= 15 is 0 Å². The minimum Gasteiger partial charge on any atom is -0.369 e. The van der Waals surface area contributed by atoms with Crippen LogP contribution in [0, 0.1) is 27.9 Å². The molecule has 4 atom stereocenters. The van der Waals surface area contributed by atoms with Gasteiger partial charge in [0.1, 0.15) is 0 Å². The van der Waals surface area contributed by atoms with E-state index < -0.39 is 10.8 Å². The quantitative estimate of drug-likeness (QED) is 0.562. The number of rotatable bonds is 4. The Balaban J connectivity index is 1.63. The molecule has 0 radical (unpaired) electrons. The average Bonchev–Trinajstić information content (AvgIpc) is 3.27. The summed E-state index contributed by atoms with van der Waals surface area (Å²) in [5.74, 6) is -0.728. The number of nitro groups is 1. The fourth-order valence-electron chi connectivity index (χ4n) is 4.42. The number of hydrogen-bond donors (Lipinski definition) is 3. The van der Waals surface area contributed by atoms with E-state index in [0.717, 1.165) is 19.3 Å². The molecule has 2 aliphatic rings. The number of nitrogens with zero attached hydrogens (tertiary/aromatic N) is 2. The van der Waals surface area contributed by atoms with Gasteiger partial charge in [-0.1, -0.05) is 0 Å².